The quantitative estimate of drug-likeness (QED) is 0.474. The average molecular weight is 426 g/mol. The van der Waals surface area contributed by atoms with E-state index in [1.54, 1.807) is 14.2 Å². The number of benzene rings is 2. The fraction of sp³-hybridized carbons (Fsp3) is 0.480. The summed E-state index contributed by atoms with van der Waals surface area (Å²) >= 11 is 0. The first-order valence-electron chi connectivity index (χ1n) is 11.0. The number of hydrogen-bond donors (Lipinski definition) is 2. The number of rotatable bonds is 9. The van der Waals surface area contributed by atoms with Crippen LogP contribution in [0.2, 0.25) is 0 Å². The minimum absolute atomic E-state index is 0.483. The monoisotopic (exact) mass is 425 g/mol. The van der Waals surface area contributed by atoms with Gasteiger partial charge in [-0.15, -0.1) is 0 Å². The highest BCUT2D eigenvalue weighted by Gasteiger charge is 2.17. The number of nitrogens with zero attached hydrogens (tertiary/aromatic N) is 1. The molecule has 2 aromatic carbocycles. The molecule has 2 aromatic rings. The molecule has 2 N–H and O–H groups in total. The summed E-state index contributed by atoms with van der Waals surface area (Å²) < 4.78 is 17.0. The molecule has 168 valence electrons. The van der Waals surface area contributed by atoms with E-state index < -0.39 is 0 Å². The Bertz CT molecular complexity index is 876. The Hall–Kier alpha value is -2.73. The summed E-state index contributed by atoms with van der Waals surface area (Å²) in [6, 6.07) is 12.7. The number of methoxy groups -OCH3 is 1. The molecule has 0 bridgehead atoms. The zero-order chi connectivity index (χ0) is 22.1. The third-order valence-electron chi connectivity index (χ3n) is 5.57. The Morgan fingerprint density at radius 3 is 2.74 bits per heavy atom. The summed E-state index contributed by atoms with van der Waals surface area (Å²) in [6.07, 6.45) is 1.96. The van der Waals surface area contributed by atoms with E-state index in [1.807, 2.05) is 0 Å². The van der Waals surface area contributed by atoms with Gasteiger partial charge in [-0.3, -0.25) is 4.99 Å². The minimum atomic E-state index is 0.483. The number of nitrogens with one attached hydrogen (secondary N) is 2. The van der Waals surface area contributed by atoms with Gasteiger partial charge in [-0.25, -0.2) is 0 Å². The Balaban J connectivity index is 1.50. The molecule has 1 fully saturated rings. The van der Waals surface area contributed by atoms with Crippen molar-refractivity contribution in [3.8, 4) is 11.5 Å². The van der Waals surface area contributed by atoms with Crippen molar-refractivity contribution >= 4 is 5.96 Å². The van der Waals surface area contributed by atoms with E-state index in [2.05, 4.69) is 65.9 Å². The van der Waals surface area contributed by atoms with Crippen molar-refractivity contribution in [1.82, 2.24) is 10.6 Å². The summed E-state index contributed by atoms with van der Waals surface area (Å²) in [5, 5.41) is 6.79. The van der Waals surface area contributed by atoms with Gasteiger partial charge in [0.25, 0.3) is 0 Å². The van der Waals surface area contributed by atoms with Crippen molar-refractivity contribution in [2.24, 2.45) is 10.9 Å². The maximum absolute atomic E-state index is 6.15. The van der Waals surface area contributed by atoms with Crippen molar-refractivity contribution in [3.05, 3.63) is 58.7 Å². The van der Waals surface area contributed by atoms with Gasteiger partial charge in [0.2, 0.25) is 0 Å². The number of hydrogen-bond acceptors (Lipinski definition) is 4. The first kappa shape index (κ1) is 22.9. The highest BCUT2D eigenvalue weighted by Crippen LogP contribution is 2.23. The second-order valence-corrected chi connectivity index (χ2v) is 8.06. The van der Waals surface area contributed by atoms with Crippen molar-refractivity contribution in [3.63, 3.8) is 0 Å². The maximum Gasteiger partial charge on any atom is 0.191 e. The number of aliphatic imine (C=N–C) groups is 1. The lowest BCUT2D eigenvalue weighted by Gasteiger charge is -2.17. The van der Waals surface area contributed by atoms with E-state index in [-0.39, 0.29) is 0 Å². The van der Waals surface area contributed by atoms with Crippen LogP contribution in [0.5, 0.6) is 11.5 Å². The fourth-order valence-electron chi connectivity index (χ4n) is 3.61. The molecule has 1 aliphatic heterocycles. The molecule has 31 heavy (non-hydrogen) atoms. The van der Waals surface area contributed by atoms with Gasteiger partial charge in [0.15, 0.2) is 5.96 Å². The normalized spacial score (nSPS) is 16.3. The number of guanidine groups is 1. The highest BCUT2D eigenvalue weighted by molar-refractivity contribution is 5.79. The summed E-state index contributed by atoms with van der Waals surface area (Å²) in [6.45, 7) is 7.90. The van der Waals surface area contributed by atoms with Crippen molar-refractivity contribution < 1.29 is 14.2 Å². The lowest BCUT2D eigenvalue weighted by atomic mass is 10.1. The van der Waals surface area contributed by atoms with E-state index in [0.717, 1.165) is 61.2 Å². The van der Waals surface area contributed by atoms with Crippen LogP contribution < -0.4 is 20.1 Å². The predicted octanol–water partition coefficient (Wildman–Crippen LogP) is 3.64. The maximum atomic E-state index is 6.15. The van der Waals surface area contributed by atoms with Crippen molar-refractivity contribution in [2.45, 2.75) is 33.2 Å². The molecule has 1 saturated heterocycles. The molecule has 3 rings (SSSR count). The highest BCUT2D eigenvalue weighted by atomic mass is 16.5. The second-order valence-electron chi connectivity index (χ2n) is 8.06. The van der Waals surface area contributed by atoms with Gasteiger partial charge >= 0.3 is 0 Å². The van der Waals surface area contributed by atoms with Crippen molar-refractivity contribution in [1.29, 1.82) is 0 Å². The summed E-state index contributed by atoms with van der Waals surface area (Å²) in [7, 11) is 3.50. The molecule has 0 amide bonds. The Morgan fingerprint density at radius 2 is 2.00 bits per heavy atom. The van der Waals surface area contributed by atoms with Gasteiger partial charge in [0, 0.05) is 38.2 Å². The first-order chi connectivity index (χ1) is 15.1. The average Bonchev–Trinajstić information content (AvgIpc) is 3.30. The van der Waals surface area contributed by atoms with Gasteiger partial charge in [0.1, 0.15) is 11.5 Å². The van der Waals surface area contributed by atoms with Crippen LogP contribution in [-0.2, 0) is 17.7 Å². The molecule has 1 atom stereocenters. The van der Waals surface area contributed by atoms with Crippen LogP contribution in [0.25, 0.3) is 0 Å². The summed E-state index contributed by atoms with van der Waals surface area (Å²) in [4.78, 5) is 4.35. The van der Waals surface area contributed by atoms with Crippen LogP contribution in [0, 0.1) is 19.8 Å². The van der Waals surface area contributed by atoms with Gasteiger partial charge in [-0.2, -0.15) is 0 Å². The van der Waals surface area contributed by atoms with E-state index in [0.29, 0.717) is 19.1 Å². The molecule has 0 saturated carbocycles. The standard InChI is InChI=1S/C25H35N3O3/c1-18-5-8-22(24(13-18)31-17-21-10-12-30-16-21)15-28-25(26-3)27-11-9-20-7-6-19(2)23(14-20)29-4/h5-8,13-14,21H,9-12,15-17H2,1-4H3,(H2,26,27,28). The summed E-state index contributed by atoms with van der Waals surface area (Å²) in [5.74, 6) is 3.11. The van der Waals surface area contributed by atoms with Crippen LogP contribution >= 0.6 is 0 Å². The lowest BCUT2D eigenvalue weighted by Crippen LogP contribution is -2.38. The lowest BCUT2D eigenvalue weighted by molar-refractivity contribution is 0.166. The molecule has 1 heterocycles. The molecule has 1 aliphatic rings. The van der Waals surface area contributed by atoms with Gasteiger partial charge in [0.05, 0.1) is 20.3 Å². The molecule has 0 radical (unpaired) electrons. The smallest absolute Gasteiger partial charge is 0.191 e. The molecule has 0 aromatic heterocycles. The van der Waals surface area contributed by atoms with Crippen LogP contribution in [-0.4, -0.2) is 46.5 Å². The van der Waals surface area contributed by atoms with E-state index in [4.69, 9.17) is 14.2 Å². The minimum Gasteiger partial charge on any atom is -0.496 e. The van der Waals surface area contributed by atoms with Crippen LogP contribution in [0.4, 0.5) is 0 Å². The zero-order valence-corrected chi connectivity index (χ0v) is 19.2. The molecule has 0 spiro atoms. The van der Waals surface area contributed by atoms with Gasteiger partial charge in [-0.05, 0) is 55.5 Å². The van der Waals surface area contributed by atoms with Gasteiger partial charge in [-0.1, -0.05) is 24.3 Å². The summed E-state index contributed by atoms with van der Waals surface area (Å²) in [5.41, 5.74) is 4.69. The van der Waals surface area contributed by atoms with E-state index in [1.165, 1.54) is 11.1 Å². The van der Waals surface area contributed by atoms with E-state index in [9.17, 15) is 0 Å². The largest absolute Gasteiger partial charge is 0.496 e. The zero-order valence-electron chi connectivity index (χ0n) is 19.2. The Kier molecular flexibility index (Phi) is 8.59. The van der Waals surface area contributed by atoms with Crippen LogP contribution in [0.3, 0.4) is 0 Å². The van der Waals surface area contributed by atoms with Crippen LogP contribution in [0.1, 0.15) is 28.7 Å². The second kappa shape index (κ2) is 11.6. The number of aryl methyl sites for hydroxylation is 2. The topological polar surface area (TPSA) is 64.1 Å². The number of ether oxygens (including phenoxy) is 3. The first-order valence-corrected chi connectivity index (χ1v) is 11.0. The Labute approximate surface area is 186 Å². The molecular formula is C25H35N3O3. The third kappa shape index (κ3) is 6.89. The molecule has 6 heteroatoms. The predicted molar refractivity (Wildman–Crippen MR) is 125 cm³/mol. The molecule has 6 nitrogen and oxygen atoms in total. The Morgan fingerprint density at radius 1 is 1.13 bits per heavy atom. The molecular weight excluding hydrogens is 390 g/mol. The van der Waals surface area contributed by atoms with E-state index >= 15 is 0 Å². The molecule has 0 aliphatic carbocycles. The molecule has 1 unspecified atom stereocenters. The van der Waals surface area contributed by atoms with Crippen LogP contribution in [0.15, 0.2) is 41.4 Å². The third-order valence-corrected chi connectivity index (χ3v) is 5.57. The van der Waals surface area contributed by atoms with Crippen molar-refractivity contribution in [2.75, 3.05) is 40.5 Å². The van der Waals surface area contributed by atoms with Gasteiger partial charge < -0.3 is 24.8 Å². The fourth-order valence-corrected chi connectivity index (χ4v) is 3.61. The SMILES string of the molecule is CN=C(NCCc1ccc(C)c(OC)c1)NCc1ccc(C)cc1OCC1CCOC1.